The first-order valence-corrected chi connectivity index (χ1v) is 14.3. The lowest BCUT2D eigenvalue weighted by molar-refractivity contribution is -0.147. The number of carboxylic acids is 2. The van der Waals surface area contributed by atoms with E-state index in [0.29, 0.717) is 5.56 Å². The van der Waals surface area contributed by atoms with E-state index in [4.69, 9.17) is 10.8 Å². The van der Waals surface area contributed by atoms with Crippen molar-refractivity contribution in [3.05, 3.63) is 108 Å². The van der Waals surface area contributed by atoms with E-state index in [-0.39, 0.29) is 19.3 Å². The minimum atomic E-state index is -1.72. The predicted octanol–water partition coefficient (Wildman–Crippen LogP) is 1.54. The molecule has 12 heteroatoms. The van der Waals surface area contributed by atoms with Gasteiger partial charge in [-0.3, -0.25) is 19.2 Å². The number of carbonyl (C=O) groups excluding carboxylic acids is 3. The van der Waals surface area contributed by atoms with Crippen molar-refractivity contribution < 1.29 is 34.2 Å². The molecule has 0 saturated heterocycles. The smallest absolute Gasteiger partial charge is 0.326 e. The molecule has 1 aromatic heterocycles. The first-order chi connectivity index (χ1) is 21.6. The van der Waals surface area contributed by atoms with Gasteiger partial charge in [-0.05, 0) is 29.2 Å². The Bertz CT molecular complexity index is 1640. The van der Waals surface area contributed by atoms with Crippen LogP contribution in [0.2, 0.25) is 0 Å². The molecule has 45 heavy (non-hydrogen) atoms. The number of fused-ring (bicyclic) bond motifs is 1. The van der Waals surface area contributed by atoms with E-state index in [1.165, 1.54) is 0 Å². The lowest BCUT2D eigenvalue weighted by Gasteiger charge is -2.25. The highest BCUT2D eigenvalue weighted by atomic mass is 16.4. The molecule has 4 unspecified atom stereocenters. The van der Waals surface area contributed by atoms with E-state index in [9.17, 15) is 29.1 Å². The maximum atomic E-state index is 13.7. The van der Waals surface area contributed by atoms with Crippen molar-refractivity contribution in [3.63, 3.8) is 0 Å². The second-order valence-electron chi connectivity index (χ2n) is 10.7. The Morgan fingerprint density at radius 2 is 1.13 bits per heavy atom. The van der Waals surface area contributed by atoms with Gasteiger partial charge in [0.15, 0.2) is 0 Å². The van der Waals surface area contributed by atoms with Crippen LogP contribution in [0.4, 0.5) is 0 Å². The first-order valence-electron chi connectivity index (χ1n) is 14.3. The summed E-state index contributed by atoms with van der Waals surface area (Å²) in [6.07, 6.45) is 1.19. The number of H-pyrrole nitrogens is 1. The van der Waals surface area contributed by atoms with Crippen molar-refractivity contribution in [2.45, 2.75) is 49.9 Å². The van der Waals surface area contributed by atoms with Gasteiger partial charge in [-0.25, -0.2) is 4.79 Å². The van der Waals surface area contributed by atoms with Gasteiger partial charge in [-0.2, -0.15) is 0 Å². The van der Waals surface area contributed by atoms with Crippen molar-refractivity contribution in [1.82, 2.24) is 20.9 Å². The Labute approximate surface area is 259 Å². The molecule has 0 saturated carbocycles. The van der Waals surface area contributed by atoms with Gasteiger partial charge in [-0.15, -0.1) is 0 Å². The number of aliphatic carboxylic acids is 2. The average Bonchev–Trinajstić information content (AvgIpc) is 3.43. The molecule has 0 aliphatic heterocycles. The molecule has 4 atom stereocenters. The van der Waals surface area contributed by atoms with Gasteiger partial charge in [0.2, 0.25) is 17.7 Å². The van der Waals surface area contributed by atoms with E-state index >= 15 is 0 Å². The van der Waals surface area contributed by atoms with Gasteiger partial charge in [0.25, 0.3) is 0 Å². The van der Waals surface area contributed by atoms with E-state index < -0.39 is 60.2 Å². The Morgan fingerprint density at radius 1 is 0.644 bits per heavy atom. The van der Waals surface area contributed by atoms with E-state index in [1.54, 1.807) is 60.8 Å². The van der Waals surface area contributed by atoms with Crippen LogP contribution in [0.3, 0.4) is 0 Å². The van der Waals surface area contributed by atoms with E-state index in [1.807, 2.05) is 30.3 Å². The second kappa shape index (κ2) is 15.3. The summed E-state index contributed by atoms with van der Waals surface area (Å²) in [7, 11) is 0. The number of aromatic amines is 1. The highest BCUT2D eigenvalue weighted by Gasteiger charge is 2.31. The largest absolute Gasteiger partial charge is 0.481 e. The third-order valence-corrected chi connectivity index (χ3v) is 7.28. The lowest BCUT2D eigenvalue weighted by atomic mass is 10.0. The molecule has 0 bridgehead atoms. The molecule has 0 spiro atoms. The Kier molecular flexibility index (Phi) is 11.0. The lowest BCUT2D eigenvalue weighted by Crippen LogP contribution is -2.58. The van der Waals surface area contributed by atoms with Gasteiger partial charge in [0.05, 0.1) is 12.5 Å². The zero-order chi connectivity index (χ0) is 32.3. The number of para-hydroxylation sites is 1. The Morgan fingerprint density at radius 3 is 1.67 bits per heavy atom. The molecular formula is C33H35N5O7. The van der Waals surface area contributed by atoms with Gasteiger partial charge < -0.3 is 36.9 Å². The summed E-state index contributed by atoms with van der Waals surface area (Å²) in [5.41, 5.74) is 9.43. The minimum Gasteiger partial charge on any atom is -0.481 e. The molecule has 0 radical (unpaired) electrons. The summed E-state index contributed by atoms with van der Waals surface area (Å²) in [4.78, 5) is 66.3. The summed E-state index contributed by atoms with van der Waals surface area (Å²) >= 11 is 0. The summed E-state index contributed by atoms with van der Waals surface area (Å²) in [6.45, 7) is 0. The number of benzene rings is 3. The topological polar surface area (TPSA) is 204 Å². The SMILES string of the molecule is NC(Cc1c[nH]c2ccccc12)C(=O)NC(Cc1ccccc1)C(=O)NC(Cc1ccccc1)C(=O)NC(CC(=O)O)C(=O)O. The van der Waals surface area contributed by atoms with Crippen LogP contribution in [0.25, 0.3) is 10.9 Å². The summed E-state index contributed by atoms with van der Waals surface area (Å²) < 4.78 is 0. The van der Waals surface area contributed by atoms with Crippen molar-refractivity contribution in [3.8, 4) is 0 Å². The number of carboxylic acid groups (broad SMARTS) is 2. The van der Waals surface area contributed by atoms with E-state index in [2.05, 4.69) is 20.9 Å². The zero-order valence-electron chi connectivity index (χ0n) is 24.3. The molecule has 8 N–H and O–H groups in total. The predicted molar refractivity (Wildman–Crippen MR) is 166 cm³/mol. The Balaban J connectivity index is 1.54. The number of amides is 3. The van der Waals surface area contributed by atoms with Crippen LogP contribution >= 0.6 is 0 Å². The number of aromatic nitrogens is 1. The van der Waals surface area contributed by atoms with Crippen LogP contribution < -0.4 is 21.7 Å². The number of hydrogen-bond donors (Lipinski definition) is 7. The normalized spacial score (nSPS) is 13.6. The molecule has 4 rings (SSSR count). The number of nitrogens with two attached hydrogens (primary N) is 1. The zero-order valence-corrected chi connectivity index (χ0v) is 24.3. The van der Waals surface area contributed by atoms with Crippen molar-refractivity contribution in [2.75, 3.05) is 0 Å². The maximum absolute atomic E-state index is 13.7. The van der Waals surface area contributed by atoms with Gasteiger partial charge in [0.1, 0.15) is 18.1 Å². The third kappa shape index (κ3) is 9.25. The van der Waals surface area contributed by atoms with Crippen LogP contribution in [0, 0.1) is 0 Å². The van der Waals surface area contributed by atoms with Gasteiger partial charge in [0, 0.05) is 29.9 Å². The van der Waals surface area contributed by atoms with Gasteiger partial charge >= 0.3 is 11.9 Å². The standard InChI is InChI=1S/C33H35N5O7/c34-24(17-22-19-35-25-14-8-7-13-23(22)25)30(41)36-26(15-20-9-3-1-4-10-20)31(42)37-27(16-21-11-5-2-6-12-21)32(43)38-28(33(44)45)18-29(39)40/h1-14,19,24,26-28,35H,15-18,34H2,(H,36,41)(H,37,42)(H,38,43)(H,39,40)(H,44,45). The van der Waals surface area contributed by atoms with Crippen molar-refractivity contribution in [1.29, 1.82) is 0 Å². The number of rotatable bonds is 15. The summed E-state index contributed by atoms with van der Waals surface area (Å²) in [6, 6.07) is 20.1. The number of carbonyl (C=O) groups is 5. The van der Waals surface area contributed by atoms with Crippen molar-refractivity contribution >= 4 is 40.6 Å². The van der Waals surface area contributed by atoms with Crippen LogP contribution in [-0.2, 0) is 43.2 Å². The van der Waals surface area contributed by atoms with Crippen LogP contribution in [0.15, 0.2) is 91.1 Å². The first kappa shape index (κ1) is 32.4. The highest BCUT2D eigenvalue weighted by molar-refractivity contribution is 5.95. The molecule has 0 aliphatic rings. The fourth-order valence-electron chi connectivity index (χ4n) is 4.95. The van der Waals surface area contributed by atoms with Crippen LogP contribution in [0.5, 0.6) is 0 Å². The quantitative estimate of drug-likeness (QED) is 0.105. The highest BCUT2D eigenvalue weighted by Crippen LogP contribution is 2.19. The average molecular weight is 614 g/mol. The molecular weight excluding hydrogens is 578 g/mol. The van der Waals surface area contributed by atoms with Crippen LogP contribution in [0.1, 0.15) is 23.1 Å². The van der Waals surface area contributed by atoms with Crippen LogP contribution in [-0.4, -0.2) is 69.0 Å². The monoisotopic (exact) mass is 613 g/mol. The number of hydrogen-bond acceptors (Lipinski definition) is 6. The molecule has 4 aromatic rings. The second-order valence-corrected chi connectivity index (χ2v) is 10.7. The number of nitrogens with one attached hydrogen (secondary N) is 4. The molecule has 1 heterocycles. The molecule has 3 amide bonds. The Hall–Kier alpha value is -5.49. The maximum Gasteiger partial charge on any atom is 0.326 e. The molecule has 12 nitrogen and oxygen atoms in total. The van der Waals surface area contributed by atoms with Crippen molar-refractivity contribution in [2.24, 2.45) is 5.73 Å². The minimum absolute atomic E-state index is 0.0239. The molecule has 0 fully saturated rings. The fraction of sp³-hybridized carbons (Fsp3) is 0.242. The third-order valence-electron chi connectivity index (χ3n) is 7.28. The molecule has 0 aliphatic carbocycles. The molecule has 234 valence electrons. The summed E-state index contributed by atoms with van der Waals surface area (Å²) in [5, 5.41) is 27.1. The summed E-state index contributed by atoms with van der Waals surface area (Å²) in [5.74, 6) is -5.11. The van der Waals surface area contributed by atoms with Gasteiger partial charge in [-0.1, -0.05) is 78.9 Å². The molecule has 3 aromatic carbocycles. The fourth-order valence-corrected chi connectivity index (χ4v) is 4.95. The van der Waals surface area contributed by atoms with E-state index in [0.717, 1.165) is 22.0 Å².